The molecule has 0 spiro atoms. The van der Waals surface area contributed by atoms with E-state index in [0.29, 0.717) is 27.8 Å². The van der Waals surface area contributed by atoms with Gasteiger partial charge in [0.25, 0.3) is 11.1 Å². The van der Waals surface area contributed by atoms with Crippen molar-refractivity contribution in [2.45, 2.75) is 51.4 Å². The van der Waals surface area contributed by atoms with Crippen molar-refractivity contribution < 1.29 is 14.3 Å². The summed E-state index contributed by atoms with van der Waals surface area (Å²) in [7, 11) is 0. The predicted octanol–water partition coefficient (Wildman–Crippen LogP) is 5.79. The molecule has 0 atom stereocenters. The summed E-state index contributed by atoms with van der Waals surface area (Å²) in [4.78, 5) is 23.3. The summed E-state index contributed by atoms with van der Waals surface area (Å²) in [5.41, 5.74) is 0.679. The van der Waals surface area contributed by atoms with Gasteiger partial charge in [-0.05, 0) is 48.2 Å². The van der Waals surface area contributed by atoms with Gasteiger partial charge in [-0.2, -0.15) is 0 Å². The number of ether oxygens (including phenoxy) is 1. The summed E-state index contributed by atoms with van der Waals surface area (Å²) >= 11 is 7.29. The van der Waals surface area contributed by atoms with Gasteiger partial charge >= 0.3 is 0 Å². The molecule has 2 amide bonds. The number of nitrogens with one attached hydrogen (secondary N) is 1. The molecule has 0 aromatic heterocycles. The molecule has 1 saturated carbocycles. The van der Waals surface area contributed by atoms with Crippen LogP contribution in [0.5, 0.6) is 5.75 Å². The Morgan fingerprint density at radius 2 is 2.00 bits per heavy atom. The number of amides is 2. The van der Waals surface area contributed by atoms with E-state index in [2.05, 4.69) is 5.32 Å². The fraction of sp³-hybridized carbons (Fsp3) is 0.500. The van der Waals surface area contributed by atoms with Crippen molar-refractivity contribution in [2.75, 3.05) is 6.61 Å². The van der Waals surface area contributed by atoms with Crippen LogP contribution in [0.25, 0.3) is 6.08 Å². The molecule has 1 saturated heterocycles. The third-order valence-electron chi connectivity index (χ3n) is 4.91. The van der Waals surface area contributed by atoms with Gasteiger partial charge < -0.3 is 4.74 Å². The summed E-state index contributed by atoms with van der Waals surface area (Å²) < 4.78 is 5.84. The van der Waals surface area contributed by atoms with E-state index in [1.807, 2.05) is 18.2 Å². The average Bonchev–Trinajstić information content (AvgIpc) is 2.95. The Labute approximate surface area is 163 Å². The van der Waals surface area contributed by atoms with Crippen molar-refractivity contribution in [3.63, 3.8) is 0 Å². The van der Waals surface area contributed by atoms with Gasteiger partial charge in [-0.15, -0.1) is 0 Å². The van der Waals surface area contributed by atoms with Crippen molar-refractivity contribution in [1.82, 2.24) is 5.32 Å². The first kappa shape index (κ1) is 19.3. The number of hydrogen-bond acceptors (Lipinski definition) is 4. The maximum Gasteiger partial charge on any atom is 0.290 e. The second-order valence-corrected chi connectivity index (χ2v) is 8.25. The maximum atomic E-state index is 11.7. The third-order valence-corrected chi connectivity index (χ3v) is 6.13. The number of carbonyl (C=O) groups excluding carboxylic acids is 2. The first-order valence-electron chi connectivity index (χ1n) is 9.29. The second-order valence-electron chi connectivity index (χ2n) is 6.86. The van der Waals surface area contributed by atoms with Crippen LogP contribution >= 0.6 is 23.4 Å². The lowest BCUT2D eigenvalue weighted by Crippen LogP contribution is -2.17. The number of benzene rings is 1. The van der Waals surface area contributed by atoms with Crippen molar-refractivity contribution in [3.05, 3.63) is 33.7 Å². The third kappa shape index (κ3) is 5.27. The van der Waals surface area contributed by atoms with E-state index in [9.17, 15) is 9.59 Å². The predicted molar refractivity (Wildman–Crippen MR) is 106 cm³/mol. The van der Waals surface area contributed by atoms with E-state index < -0.39 is 0 Å². The molecule has 0 unspecified atom stereocenters. The zero-order chi connectivity index (χ0) is 18.4. The Morgan fingerprint density at radius 3 is 2.73 bits per heavy atom. The minimum Gasteiger partial charge on any atom is -0.492 e. The van der Waals surface area contributed by atoms with Gasteiger partial charge in [-0.25, -0.2) is 0 Å². The molecule has 1 aromatic rings. The van der Waals surface area contributed by atoms with Crippen LogP contribution in [0.2, 0.25) is 5.02 Å². The number of halogens is 1. The molecule has 26 heavy (non-hydrogen) atoms. The molecule has 2 fully saturated rings. The zero-order valence-corrected chi connectivity index (χ0v) is 16.3. The van der Waals surface area contributed by atoms with Gasteiger partial charge in [0.15, 0.2) is 0 Å². The summed E-state index contributed by atoms with van der Waals surface area (Å²) in [5, 5.41) is 2.35. The molecule has 0 radical (unpaired) electrons. The van der Waals surface area contributed by atoms with Crippen LogP contribution in [-0.2, 0) is 4.79 Å². The van der Waals surface area contributed by atoms with Crippen LogP contribution in [0.4, 0.5) is 4.79 Å². The molecule has 140 valence electrons. The minimum absolute atomic E-state index is 0.349. The van der Waals surface area contributed by atoms with Crippen LogP contribution in [0.1, 0.15) is 56.9 Å². The van der Waals surface area contributed by atoms with Crippen LogP contribution in [-0.4, -0.2) is 17.8 Å². The van der Waals surface area contributed by atoms with Crippen molar-refractivity contribution in [2.24, 2.45) is 5.92 Å². The molecular formula is C20H24ClNO3S. The molecule has 1 aromatic carbocycles. The highest BCUT2D eigenvalue weighted by Gasteiger charge is 2.25. The molecule has 0 bridgehead atoms. The van der Waals surface area contributed by atoms with Gasteiger partial charge in [0, 0.05) is 0 Å². The normalized spacial score (nSPS) is 19.8. The summed E-state index contributed by atoms with van der Waals surface area (Å²) in [6.07, 6.45) is 12.1. The van der Waals surface area contributed by atoms with Crippen molar-refractivity contribution in [3.8, 4) is 5.75 Å². The van der Waals surface area contributed by atoms with Crippen LogP contribution in [0, 0.1) is 5.92 Å². The van der Waals surface area contributed by atoms with E-state index in [-0.39, 0.29) is 11.1 Å². The minimum atomic E-state index is -0.384. The smallest absolute Gasteiger partial charge is 0.290 e. The topological polar surface area (TPSA) is 55.4 Å². The van der Waals surface area contributed by atoms with Gasteiger partial charge in [0.1, 0.15) is 5.75 Å². The van der Waals surface area contributed by atoms with Crippen LogP contribution in [0.3, 0.4) is 0 Å². The fourth-order valence-electron chi connectivity index (χ4n) is 3.51. The lowest BCUT2D eigenvalue weighted by atomic mass is 9.86. The number of carbonyl (C=O) groups is 2. The Morgan fingerprint density at radius 1 is 1.19 bits per heavy atom. The fourth-order valence-corrected chi connectivity index (χ4v) is 4.41. The summed E-state index contributed by atoms with van der Waals surface area (Å²) in [6, 6.07) is 5.48. The molecule has 1 aliphatic heterocycles. The van der Waals surface area contributed by atoms with E-state index in [1.165, 1.54) is 44.9 Å². The number of hydrogen-bond donors (Lipinski definition) is 1. The molecular weight excluding hydrogens is 370 g/mol. The van der Waals surface area contributed by atoms with Gasteiger partial charge in [-0.3, -0.25) is 14.9 Å². The van der Waals surface area contributed by atoms with Crippen LogP contribution < -0.4 is 10.1 Å². The monoisotopic (exact) mass is 393 g/mol. The van der Waals surface area contributed by atoms with E-state index >= 15 is 0 Å². The highest BCUT2D eigenvalue weighted by atomic mass is 35.5. The van der Waals surface area contributed by atoms with E-state index in [1.54, 1.807) is 6.08 Å². The molecule has 1 heterocycles. The molecule has 4 nitrogen and oxygen atoms in total. The number of unbranched alkanes of at least 4 members (excludes halogenated alkanes) is 1. The van der Waals surface area contributed by atoms with Gasteiger partial charge in [0.2, 0.25) is 0 Å². The summed E-state index contributed by atoms with van der Waals surface area (Å²) in [5.74, 6) is 1.14. The SMILES string of the molecule is O=C1NC(=O)/C(=C/c2cccc(OCCCCC3CCCCC3)c2Cl)S1. The Bertz CT molecular complexity index is 698. The van der Waals surface area contributed by atoms with Crippen LogP contribution in [0.15, 0.2) is 23.1 Å². The van der Waals surface area contributed by atoms with E-state index in [0.717, 1.165) is 24.1 Å². The van der Waals surface area contributed by atoms with E-state index in [4.69, 9.17) is 16.3 Å². The Hall–Kier alpha value is -1.46. The summed E-state index contributed by atoms with van der Waals surface area (Å²) in [6.45, 7) is 0.639. The lowest BCUT2D eigenvalue weighted by molar-refractivity contribution is -0.115. The quantitative estimate of drug-likeness (QED) is 0.470. The highest BCUT2D eigenvalue weighted by molar-refractivity contribution is 8.18. The average molecular weight is 394 g/mol. The number of rotatable bonds is 7. The first-order valence-corrected chi connectivity index (χ1v) is 10.5. The highest BCUT2D eigenvalue weighted by Crippen LogP contribution is 2.33. The molecule has 3 rings (SSSR count). The van der Waals surface area contributed by atoms with Crippen molar-refractivity contribution in [1.29, 1.82) is 0 Å². The first-order chi connectivity index (χ1) is 12.6. The zero-order valence-electron chi connectivity index (χ0n) is 14.8. The second kappa shape index (κ2) is 9.47. The number of thioether (sulfide) groups is 1. The van der Waals surface area contributed by atoms with Crippen molar-refractivity contribution >= 4 is 40.6 Å². The molecule has 6 heteroatoms. The molecule has 1 aliphatic carbocycles. The van der Waals surface area contributed by atoms with Gasteiger partial charge in [-0.1, -0.05) is 62.3 Å². The number of imide groups is 1. The maximum absolute atomic E-state index is 11.7. The Kier molecular flexibility index (Phi) is 7.03. The van der Waals surface area contributed by atoms with Gasteiger partial charge in [0.05, 0.1) is 16.5 Å². The molecule has 2 aliphatic rings. The largest absolute Gasteiger partial charge is 0.492 e. The Balaban J connectivity index is 1.50. The lowest BCUT2D eigenvalue weighted by Gasteiger charge is -2.21. The molecule has 1 N–H and O–H groups in total. The standard InChI is InChI=1S/C20H24ClNO3S/c21-18-15(13-17-19(23)22-20(24)26-17)10-6-11-16(18)25-12-5-4-9-14-7-2-1-3-8-14/h6,10-11,13-14H,1-5,7-9,12H2,(H,22,23,24)/b17-13-.